The van der Waals surface area contributed by atoms with Gasteiger partial charge in [0.15, 0.2) is 0 Å². The zero-order valence-electron chi connectivity index (χ0n) is 12.9. The Kier molecular flexibility index (Phi) is 4.42. The van der Waals surface area contributed by atoms with Crippen molar-refractivity contribution in [3.05, 3.63) is 42.5 Å². The minimum absolute atomic E-state index is 0.339. The molecular weight excluding hydrogens is 260 g/mol. The molecule has 0 amide bonds. The number of morpholine rings is 1. The van der Waals surface area contributed by atoms with Crippen LogP contribution in [0.3, 0.4) is 0 Å². The van der Waals surface area contributed by atoms with Crippen molar-refractivity contribution in [1.82, 2.24) is 4.90 Å². The SMILES string of the molecule is CC1CN(CCNc2cccc3ccccc23)CC(C)O1. The van der Waals surface area contributed by atoms with Crippen LogP contribution in [0.2, 0.25) is 0 Å². The normalized spacial score (nSPS) is 23.3. The molecule has 0 aromatic heterocycles. The van der Waals surface area contributed by atoms with Crippen LogP contribution in [0.25, 0.3) is 10.8 Å². The Morgan fingerprint density at radius 2 is 1.76 bits per heavy atom. The lowest BCUT2D eigenvalue weighted by molar-refractivity contribution is -0.0667. The number of hydrogen-bond donors (Lipinski definition) is 1. The van der Waals surface area contributed by atoms with Gasteiger partial charge in [-0.2, -0.15) is 0 Å². The first-order valence-corrected chi connectivity index (χ1v) is 7.82. The van der Waals surface area contributed by atoms with Crippen molar-refractivity contribution in [2.75, 3.05) is 31.5 Å². The Morgan fingerprint density at radius 3 is 2.57 bits per heavy atom. The van der Waals surface area contributed by atoms with Gasteiger partial charge in [0.25, 0.3) is 0 Å². The van der Waals surface area contributed by atoms with Crippen molar-refractivity contribution >= 4 is 16.5 Å². The maximum Gasteiger partial charge on any atom is 0.0678 e. The summed E-state index contributed by atoms with van der Waals surface area (Å²) in [6.45, 7) is 8.39. The summed E-state index contributed by atoms with van der Waals surface area (Å²) >= 11 is 0. The molecule has 3 nitrogen and oxygen atoms in total. The van der Waals surface area contributed by atoms with Crippen LogP contribution in [0, 0.1) is 0 Å². The molecule has 1 fully saturated rings. The van der Waals surface area contributed by atoms with Crippen LogP contribution in [0.5, 0.6) is 0 Å². The third-order valence-electron chi connectivity index (χ3n) is 4.03. The molecule has 3 heteroatoms. The molecule has 1 aliphatic rings. The van der Waals surface area contributed by atoms with E-state index in [-0.39, 0.29) is 0 Å². The van der Waals surface area contributed by atoms with Crippen LogP contribution in [-0.4, -0.2) is 43.3 Å². The fourth-order valence-corrected chi connectivity index (χ4v) is 3.20. The summed E-state index contributed by atoms with van der Waals surface area (Å²) in [7, 11) is 0. The van der Waals surface area contributed by atoms with E-state index in [1.54, 1.807) is 0 Å². The standard InChI is InChI=1S/C18H24N2O/c1-14-12-20(13-15(2)21-14)11-10-19-18-9-5-7-16-6-3-4-8-17(16)18/h3-9,14-15,19H,10-13H2,1-2H3. The number of hydrogen-bond acceptors (Lipinski definition) is 3. The Labute approximate surface area is 126 Å². The van der Waals surface area contributed by atoms with Gasteiger partial charge in [-0.1, -0.05) is 36.4 Å². The monoisotopic (exact) mass is 284 g/mol. The molecule has 2 aromatic carbocycles. The number of anilines is 1. The lowest BCUT2D eigenvalue weighted by Gasteiger charge is -2.35. The molecular formula is C18H24N2O. The first-order chi connectivity index (χ1) is 10.2. The van der Waals surface area contributed by atoms with E-state index < -0.39 is 0 Å². The highest BCUT2D eigenvalue weighted by Gasteiger charge is 2.21. The third-order valence-corrected chi connectivity index (χ3v) is 4.03. The van der Waals surface area contributed by atoms with Crippen molar-refractivity contribution in [3.8, 4) is 0 Å². The first kappa shape index (κ1) is 14.4. The van der Waals surface area contributed by atoms with Gasteiger partial charge in [-0.25, -0.2) is 0 Å². The highest BCUT2D eigenvalue weighted by Crippen LogP contribution is 2.22. The summed E-state index contributed by atoms with van der Waals surface area (Å²) in [5.74, 6) is 0. The van der Waals surface area contributed by atoms with Gasteiger partial charge in [0.1, 0.15) is 0 Å². The summed E-state index contributed by atoms with van der Waals surface area (Å²) in [6, 6.07) is 15.0. The fraction of sp³-hybridized carbons (Fsp3) is 0.444. The smallest absolute Gasteiger partial charge is 0.0678 e. The molecule has 2 atom stereocenters. The van der Waals surface area contributed by atoms with E-state index >= 15 is 0 Å². The summed E-state index contributed by atoms with van der Waals surface area (Å²) in [6.07, 6.45) is 0.678. The van der Waals surface area contributed by atoms with E-state index in [1.165, 1.54) is 16.5 Å². The molecule has 1 saturated heterocycles. The van der Waals surface area contributed by atoms with Crippen LogP contribution < -0.4 is 5.32 Å². The molecule has 2 aromatic rings. The van der Waals surface area contributed by atoms with Gasteiger partial charge in [0, 0.05) is 37.3 Å². The average Bonchev–Trinajstić information content (AvgIpc) is 2.46. The second kappa shape index (κ2) is 6.46. The van der Waals surface area contributed by atoms with Crippen molar-refractivity contribution in [2.24, 2.45) is 0 Å². The first-order valence-electron chi connectivity index (χ1n) is 7.82. The molecule has 0 bridgehead atoms. The van der Waals surface area contributed by atoms with E-state index in [1.807, 2.05) is 0 Å². The van der Waals surface area contributed by atoms with Gasteiger partial charge >= 0.3 is 0 Å². The predicted octanol–water partition coefficient (Wildman–Crippen LogP) is 3.36. The number of nitrogens with zero attached hydrogens (tertiary/aromatic N) is 1. The molecule has 0 aliphatic carbocycles. The molecule has 2 unspecified atom stereocenters. The van der Waals surface area contributed by atoms with Gasteiger partial charge in [0.2, 0.25) is 0 Å². The average molecular weight is 284 g/mol. The second-order valence-corrected chi connectivity index (χ2v) is 5.97. The molecule has 1 aliphatic heterocycles. The van der Waals surface area contributed by atoms with E-state index in [2.05, 4.69) is 66.5 Å². The van der Waals surface area contributed by atoms with E-state index in [9.17, 15) is 0 Å². The highest BCUT2D eigenvalue weighted by atomic mass is 16.5. The van der Waals surface area contributed by atoms with Crippen LogP contribution in [-0.2, 0) is 4.74 Å². The lowest BCUT2D eigenvalue weighted by atomic mass is 10.1. The number of ether oxygens (including phenoxy) is 1. The maximum atomic E-state index is 5.78. The minimum Gasteiger partial charge on any atom is -0.383 e. The molecule has 0 spiro atoms. The van der Waals surface area contributed by atoms with Crippen molar-refractivity contribution in [1.29, 1.82) is 0 Å². The molecule has 1 heterocycles. The fourth-order valence-electron chi connectivity index (χ4n) is 3.20. The Bertz CT molecular complexity index is 583. The minimum atomic E-state index is 0.339. The largest absolute Gasteiger partial charge is 0.383 e. The summed E-state index contributed by atoms with van der Waals surface area (Å²) in [4.78, 5) is 2.48. The Balaban J connectivity index is 1.59. The van der Waals surface area contributed by atoms with Gasteiger partial charge < -0.3 is 10.1 Å². The second-order valence-electron chi connectivity index (χ2n) is 5.97. The number of rotatable bonds is 4. The topological polar surface area (TPSA) is 24.5 Å². The maximum absolute atomic E-state index is 5.78. The van der Waals surface area contributed by atoms with Crippen LogP contribution >= 0.6 is 0 Å². The van der Waals surface area contributed by atoms with Crippen LogP contribution in [0.15, 0.2) is 42.5 Å². The highest BCUT2D eigenvalue weighted by molar-refractivity contribution is 5.93. The summed E-state index contributed by atoms with van der Waals surface area (Å²) < 4.78 is 5.78. The molecule has 0 saturated carbocycles. The molecule has 0 radical (unpaired) electrons. The van der Waals surface area contributed by atoms with E-state index in [0.717, 1.165) is 26.2 Å². The quantitative estimate of drug-likeness (QED) is 0.931. The summed E-state index contributed by atoms with van der Waals surface area (Å²) in [5, 5.41) is 6.17. The van der Waals surface area contributed by atoms with Crippen molar-refractivity contribution in [2.45, 2.75) is 26.1 Å². The molecule has 1 N–H and O–H groups in total. The van der Waals surface area contributed by atoms with Gasteiger partial charge in [-0.05, 0) is 25.3 Å². The summed E-state index contributed by atoms with van der Waals surface area (Å²) in [5.41, 5.74) is 1.22. The van der Waals surface area contributed by atoms with Gasteiger partial charge in [-0.3, -0.25) is 4.90 Å². The zero-order valence-corrected chi connectivity index (χ0v) is 12.9. The predicted molar refractivity (Wildman–Crippen MR) is 88.9 cm³/mol. The van der Waals surface area contributed by atoms with Crippen molar-refractivity contribution < 1.29 is 4.74 Å². The van der Waals surface area contributed by atoms with Gasteiger partial charge in [0.05, 0.1) is 12.2 Å². The molecule has 3 rings (SSSR count). The van der Waals surface area contributed by atoms with Crippen LogP contribution in [0.4, 0.5) is 5.69 Å². The lowest BCUT2D eigenvalue weighted by Crippen LogP contribution is -2.46. The number of fused-ring (bicyclic) bond motifs is 1. The number of benzene rings is 2. The molecule has 112 valence electrons. The number of nitrogens with one attached hydrogen (secondary N) is 1. The van der Waals surface area contributed by atoms with Crippen LogP contribution in [0.1, 0.15) is 13.8 Å². The third kappa shape index (κ3) is 3.55. The molecule has 21 heavy (non-hydrogen) atoms. The van der Waals surface area contributed by atoms with E-state index in [0.29, 0.717) is 12.2 Å². The zero-order chi connectivity index (χ0) is 14.7. The Hall–Kier alpha value is -1.58. The van der Waals surface area contributed by atoms with Crippen molar-refractivity contribution in [3.63, 3.8) is 0 Å². The Morgan fingerprint density at radius 1 is 1.05 bits per heavy atom. The van der Waals surface area contributed by atoms with E-state index in [4.69, 9.17) is 4.74 Å². The van der Waals surface area contributed by atoms with Gasteiger partial charge in [-0.15, -0.1) is 0 Å².